The Morgan fingerprint density at radius 2 is 0.896 bits per heavy atom. The van der Waals surface area contributed by atoms with Gasteiger partial charge in [0, 0.05) is 6.42 Å². The van der Waals surface area contributed by atoms with Crippen LogP contribution in [0.2, 0.25) is 0 Å². The number of hydrogen-bond donors (Lipinski definition) is 16. The van der Waals surface area contributed by atoms with Gasteiger partial charge >= 0.3 is 11.9 Å². The highest BCUT2D eigenvalue weighted by Crippen LogP contribution is 2.13. The summed E-state index contributed by atoms with van der Waals surface area (Å²) in [5, 5.41) is 71.8. The van der Waals surface area contributed by atoms with Crippen LogP contribution in [0.4, 0.5) is 0 Å². The van der Waals surface area contributed by atoms with Crippen LogP contribution in [0.15, 0.2) is 0 Å². The van der Waals surface area contributed by atoms with E-state index in [-0.39, 0.29) is 44.6 Å². The average molecular weight is 1140 g/mol. The molecule has 0 bridgehead atoms. The maximum atomic E-state index is 14.0. The number of unbranched alkanes of at least 4 members (excludes halogenated alkanes) is 1. The number of hydrogen-bond acceptors (Lipinski definition) is 18. The fraction of sp³-hybridized carbons (Fsp3) is 0.771. The van der Waals surface area contributed by atoms with E-state index in [4.69, 9.17) is 16.6 Å². The number of aliphatic carboxylic acids is 2. The van der Waals surface area contributed by atoms with Gasteiger partial charge in [0.1, 0.15) is 54.4 Å². The molecule has 0 saturated heterocycles. The molecule has 0 aromatic rings. The Bertz CT molecular complexity index is 1940. The summed E-state index contributed by atoms with van der Waals surface area (Å²) in [7, 11) is 0. The Kier molecular flexibility index (Phi) is 35.6. The molecule has 0 heterocycles. The minimum absolute atomic E-state index is 0.00259. The number of rotatable bonds is 40. The van der Waals surface area contributed by atoms with Gasteiger partial charge in [0.05, 0.1) is 25.4 Å². The quantitative estimate of drug-likeness (QED) is 0.0263. The number of nitrogens with one attached hydrogen (secondary N) is 9. The molecule has 0 aliphatic rings. The molecule has 0 radical (unpaired) electrons. The number of carbonyl (C=O) groups is 11. The van der Waals surface area contributed by atoms with Gasteiger partial charge < -0.3 is 84.9 Å². The van der Waals surface area contributed by atoms with Crippen LogP contribution in [0, 0.1) is 17.8 Å². The zero-order valence-corrected chi connectivity index (χ0v) is 47.3. The SMILES string of the molecule is CC[C@H](C)[C@H](NC(=O)[C@@H](N)CCC(=O)O)C(=O)N[C@@H](CO)C(=O)N[C@@H](CO)C(=O)N[C@@H](CCSC)C(=O)N[C@H](C(=O)N[C@@H](CC(C)C)C(=O)N[C@H](C(=O)N[C@@H](CCCCN)C(=O)N[C@@H](CCSC)C(=O)O)[C@@H](C)O)C(C)C. The van der Waals surface area contributed by atoms with Gasteiger partial charge in [-0.1, -0.05) is 48.0 Å². The van der Waals surface area contributed by atoms with Gasteiger partial charge in [-0.05, 0) is 100 Å². The molecule has 0 aliphatic heterocycles. The summed E-state index contributed by atoms with van der Waals surface area (Å²) < 4.78 is 0. The molecule has 29 heteroatoms. The molecule has 0 aromatic heterocycles. The standard InChI is InChI=1S/C48H87N11O16S2/c1-10-26(6)37(58-39(65)28(50)14-15-35(63)64)46(72)56-34(23-61)44(70)55-33(22-60)43(69)51-30(16-19-76-8)41(67)57-36(25(4)5)45(71)54-32(21-24(2)3)42(68)59-38(27(7)62)47(73)52-29(13-11-12-18-49)40(66)53-31(48(74)75)17-20-77-9/h24-34,36-38,60-62H,10-23,49-50H2,1-9H3,(H,51,69)(H,52,73)(H,53,66)(H,54,71)(H,55,70)(H,56,72)(H,57,67)(H,58,65)(H,59,68)(H,63,64)(H,74,75)/t26-,27+,28-,29-,30-,31-,32-,33-,34-,36-,37-,38-/m0/s1. The van der Waals surface area contributed by atoms with E-state index in [2.05, 4.69) is 47.9 Å². The Labute approximate surface area is 459 Å². The lowest BCUT2D eigenvalue weighted by atomic mass is 9.97. The van der Waals surface area contributed by atoms with Crippen molar-refractivity contribution in [3.63, 3.8) is 0 Å². The van der Waals surface area contributed by atoms with Crippen LogP contribution in [0.1, 0.15) is 106 Å². The molecule has 0 rings (SSSR count). The summed E-state index contributed by atoms with van der Waals surface area (Å²) in [4.78, 5) is 145. The third-order valence-corrected chi connectivity index (χ3v) is 13.4. The molecule has 27 nitrogen and oxygen atoms in total. The number of carboxylic acid groups (broad SMARTS) is 2. The predicted molar refractivity (Wildman–Crippen MR) is 288 cm³/mol. The van der Waals surface area contributed by atoms with Gasteiger partial charge in [0.2, 0.25) is 53.2 Å². The van der Waals surface area contributed by atoms with Crippen LogP contribution in [-0.4, -0.2) is 201 Å². The minimum Gasteiger partial charge on any atom is -0.481 e. The van der Waals surface area contributed by atoms with Crippen molar-refractivity contribution in [2.75, 3.05) is 43.8 Å². The number of thioether (sulfide) groups is 2. The molecule has 18 N–H and O–H groups in total. The highest BCUT2D eigenvalue weighted by Gasteiger charge is 2.37. The molecule has 442 valence electrons. The van der Waals surface area contributed by atoms with Crippen molar-refractivity contribution < 1.29 is 78.3 Å². The van der Waals surface area contributed by atoms with Gasteiger partial charge in [-0.3, -0.25) is 47.9 Å². The maximum Gasteiger partial charge on any atom is 0.326 e. The number of amides is 9. The summed E-state index contributed by atoms with van der Waals surface area (Å²) in [5.74, 6) is -11.5. The van der Waals surface area contributed by atoms with Crippen molar-refractivity contribution in [1.82, 2.24) is 47.9 Å². The minimum atomic E-state index is -1.75. The second kappa shape index (κ2) is 38.3. The Morgan fingerprint density at radius 3 is 1.36 bits per heavy atom. The Balaban J connectivity index is 6.37. The molecule has 0 aliphatic carbocycles. The van der Waals surface area contributed by atoms with E-state index in [1.165, 1.54) is 30.4 Å². The smallest absolute Gasteiger partial charge is 0.326 e. The van der Waals surface area contributed by atoms with E-state index in [0.717, 1.165) is 0 Å². The summed E-state index contributed by atoms with van der Waals surface area (Å²) in [6.07, 6.45) is 2.63. The van der Waals surface area contributed by atoms with Gasteiger partial charge in [-0.15, -0.1) is 0 Å². The molecule has 0 aromatic carbocycles. The third-order valence-electron chi connectivity index (χ3n) is 12.1. The van der Waals surface area contributed by atoms with Crippen LogP contribution >= 0.6 is 23.5 Å². The van der Waals surface area contributed by atoms with E-state index in [9.17, 15) is 73.2 Å². The van der Waals surface area contributed by atoms with E-state index >= 15 is 0 Å². The fourth-order valence-electron chi connectivity index (χ4n) is 7.27. The first-order valence-corrected chi connectivity index (χ1v) is 28.4. The van der Waals surface area contributed by atoms with Crippen molar-refractivity contribution in [2.45, 2.75) is 173 Å². The summed E-state index contributed by atoms with van der Waals surface area (Å²) in [6.45, 7) is 9.48. The molecule has 9 amide bonds. The molecular weight excluding hydrogens is 1050 g/mol. The zero-order valence-electron chi connectivity index (χ0n) is 45.7. The van der Waals surface area contributed by atoms with Crippen molar-refractivity contribution >= 4 is 88.6 Å². The Morgan fingerprint density at radius 1 is 0.494 bits per heavy atom. The second-order valence-electron chi connectivity index (χ2n) is 19.4. The van der Waals surface area contributed by atoms with Crippen molar-refractivity contribution in [1.29, 1.82) is 0 Å². The van der Waals surface area contributed by atoms with Crippen LogP contribution < -0.4 is 59.3 Å². The van der Waals surface area contributed by atoms with E-state index in [1.807, 2.05) is 0 Å². The van der Waals surface area contributed by atoms with Crippen LogP contribution in [0.5, 0.6) is 0 Å². The maximum absolute atomic E-state index is 14.0. The fourth-order valence-corrected chi connectivity index (χ4v) is 8.21. The molecule has 77 heavy (non-hydrogen) atoms. The van der Waals surface area contributed by atoms with E-state index < -0.39 is 163 Å². The predicted octanol–water partition coefficient (Wildman–Crippen LogP) is -3.62. The van der Waals surface area contributed by atoms with Crippen LogP contribution in [0.3, 0.4) is 0 Å². The highest BCUT2D eigenvalue weighted by atomic mass is 32.2. The monoisotopic (exact) mass is 1140 g/mol. The first-order chi connectivity index (χ1) is 36.1. The first-order valence-electron chi connectivity index (χ1n) is 25.7. The number of carbonyl (C=O) groups excluding carboxylic acids is 9. The largest absolute Gasteiger partial charge is 0.481 e. The van der Waals surface area contributed by atoms with Gasteiger partial charge in [0.25, 0.3) is 0 Å². The van der Waals surface area contributed by atoms with Crippen molar-refractivity contribution in [3.05, 3.63) is 0 Å². The molecule has 0 saturated carbocycles. The van der Waals surface area contributed by atoms with Crippen LogP contribution in [0.25, 0.3) is 0 Å². The van der Waals surface area contributed by atoms with Crippen LogP contribution in [-0.2, 0) is 52.7 Å². The summed E-state index contributed by atoms with van der Waals surface area (Å²) in [6, 6.07) is -14.3. The molecule has 12 atom stereocenters. The topological polar surface area (TPSA) is 449 Å². The molecule has 0 fully saturated rings. The van der Waals surface area contributed by atoms with Crippen molar-refractivity contribution in [3.8, 4) is 0 Å². The average Bonchev–Trinajstić information content (AvgIpc) is 3.36. The number of aliphatic hydroxyl groups excluding tert-OH is 3. The lowest BCUT2D eigenvalue weighted by molar-refractivity contribution is -0.142. The van der Waals surface area contributed by atoms with Gasteiger partial charge in [-0.2, -0.15) is 23.5 Å². The summed E-state index contributed by atoms with van der Waals surface area (Å²) in [5.41, 5.74) is 11.4. The second-order valence-corrected chi connectivity index (χ2v) is 21.4. The first kappa shape index (κ1) is 71.7. The number of aliphatic hydroxyl groups is 3. The summed E-state index contributed by atoms with van der Waals surface area (Å²) >= 11 is 2.68. The highest BCUT2D eigenvalue weighted by molar-refractivity contribution is 7.98. The molecular formula is C48H87N11O16S2. The zero-order chi connectivity index (χ0) is 59.1. The number of carboxylic acids is 2. The van der Waals surface area contributed by atoms with Crippen molar-refractivity contribution in [2.24, 2.45) is 29.2 Å². The van der Waals surface area contributed by atoms with Gasteiger partial charge in [0.15, 0.2) is 0 Å². The molecule has 0 unspecified atom stereocenters. The van der Waals surface area contributed by atoms with E-state index in [1.54, 1.807) is 54.1 Å². The molecule has 0 spiro atoms. The lowest BCUT2D eigenvalue weighted by Crippen LogP contribution is -2.62. The van der Waals surface area contributed by atoms with Gasteiger partial charge in [-0.25, -0.2) is 4.79 Å². The Hall–Kier alpha value is -5.33. The number of nitrogens with two attached hydrogens (primary N) is 2. The third kappa shape index (κ3) is 27.2. The normalized spacial score (nSPS) is 16.0. The van der Waals surface area contributed by atoms with E-state index in [0.29, 0.717) is 30.8 Å². The lowest BCUT2D eigenvalue weighted by Gasteiger charge is -2.30.